The fourth-order valence-electron chi connectivity index (χ4n) is 1.95. The fraction of sp³-hybridized carbons (Fsp3) is 0.133. The van der Waals surface area contributed by atoms with Gasteiger partial charge in [-0.05, 0) is 30.3 Å². The third kappa shape index (κ3) is 2.30. The lowest BCUT2D eigenvalue weighted by Gasteiger charge is -2.05. The van der Waals surface area contributed by atoms with Gasteiger partial charge in [-0.25, -0.2) is 4.98 Å². The first-order chi connectivity index (χ1) is 9.69. The molecule has 1 aromatic heterocycles. The first kappa shape index (κ1) is 12.8. The van der Waals surface area contributed by atoms with Crippen LogP contribution in [0.15, 0.2) is 40.8 Å². The van der Waals surface area contributed by atoms with E-state index in [0.717, 1.165) is 5.56 Å². The van der Waals surface area contributed by atoms with Gasteiger partial charge in [0.25, 0.3) is 0 Å². The van der Waals surface area contributed by atoms with Gasteiger partial charge in [-0.1, -0.05) is 11.6 Å². The minimum absolute atomic E-state index is 0.500. The van der Waals surface area contributed by atoms with Crippen LogP contribution in [0, 0.1) is 0 Å². The van der Waals surface area contributed by atoms with E-state index < -0.39 is 0 Å². The Bertz CT molecular complexity index is 745. The predicted molar refractivity (Wildman–Crippen MR) is 77.6 cm³/mol. The van der Waals surface area contributed by atoms with Crippen LogP contribution in [0.5, 0.6) is 11.5 Å². The highest BCUT2D eigenvalue weighted by atomic mass is 35.5. The van der Waals surface area contributed by atoms with Crippen LogP contribution >= 0.6 is 11.6 Å². The van der Waals surface area contributed by atoms with Crippen LogP contribution in [0.25, 0.3) is 22.6 Å². The van der Waals surface area contributed by atoms with Gasteiger partial charge >= 0.3 is 0 Å². The minimum Gasteiger partial charge on any atom is -0.497 e. The van der Waals surface area contributed by atoms with Crippen molar-refractivity contribution < 1.29 is 13.9 Å². The number of methoxy groups -OCH3 is 2. The zero-order valence-electron chi connectivity index (χ0n) is 11.0. The Labute approximate surface area is 120 Å². The summed E-state index contributed by atoms with van der Waals surface area (Å²) in [5.74, 6) is 1.86. The number of benzene rings is 2. The van der Waals surface area contributed by atoms with E-state index in [1.807, 2.05) is 12.1 Å². The maximum Gasteiger partial charge on any atom is 0.227 e. The zero-order chi connectivity index (χ0) is 14.1. The Morgan fingerprint density at radius 1 is 1.00 bits per heavy atom. The van der Waals surface area contributed by atoms with E-state index in [1.165, 1.54) is 0 Å². The number of nitrogens with zero attached hydrogens (tertiary/aromatic N) is 1. The molecule has 0 aliphatic carbocycles. The Kier molecular flexibility index (Phi) is 3.24. The van der Waals surface area contributed by atoms with Crippen molar-refractivity contribution >= 4 is 22.7 Å². The largest absolute Gasteiger partial charge is 0.497 e. The monoisotopic (exact) mass is 289 g/mol. The van der Waals surface area contributed by atoms with Crippen LogP contribution in [0.3, 0.4) is 0 Å². The van der Waals surface area contributed by atoms with Crippen molar-refractivity contribution in [2.75, 3.05) is 14.2 Å². The van der Waals surface area contributed by atoms with Crippen molar-refractivity contribution in [3.05, 3.63) is 41.4 Å². The normalized spacial score (nSPS) is 10.8. The van der Waals surface area contributed by atoms with Gasteiger partial charge in [-0.15, -0.1) is 0 Å². The van der Waals surface area contributed by atoms with Crippen molar-refractivity contribution in [3.8, 4) is 23.0 Å². The highest BCUT2D eigenvalue weighted by Crippen LogP contribution is 2.31. The van der Waals surface area contributed by atoms with Crippen LogP contribution in [0.4, 0.5) is 0 Å². The number of hydrogen-bond acceptors (Lipinski definition) is 4. The van der Waals surface area contributed by atoms with Crippen molar-refractivity contribution in [2.24, 2.45) is 0 Å². The smallest absolute Gasteiger partial charge is 0.227 e. The molecule has 2 aromatic carbocycles. The number of hydrogen-bond donors (Lipinski definition) is 0. The van der Waals surface area contributed by atoms with E-state index in [2.05, 4.69) is 4.98 Å². The molecular weight excluding hydrogens is 278 g/mol. The number of halogens is 1. The van der Waals surface area contributed by atoms with Gasteiger partial charge in [-0.2, -0.15) is 0 Å². The number of fused-ring (bicyclic) bond motifs is 1. The van der Waals surface area contributed by atoms with Crippen LogP contribution < -0.4 is 9.47 Å². The van der Waals surface area contributed by atoms with E-state index >= 15 is 0 Å². The van der Waals surface area contributed by atoms with E-state index in [9.17, 15) is 0 Å². The summed E-state index contributed by atoms with van der Waals surface area (Å²) in [6, 6.07) is 10.8. The van der Waals surface area contributed by atoms with E-state index in [0.29, 0.717) is 33.5 Å². The summed E-state index contributed by atoms with van der Waals surface area (Å²) in [5, 5.41) is 0.626. The predicted octanol–water partition coefficient (Wildman–Crippen LogP) is 4.17. The average molecular weight is 290 g/mol. The Morgan fingerprint density at radius 2 is 1.70 bits per heavy atom. The summed E-state index contributed by atoms with van der Waals surface area (Å²) in [7, 11) is 3.20. The third-order valence-corrected chi connectivity index (χ3v) is 3.18. The lowest BCUT2D eigenvalue weighted by molar-refractivity contribution is 0.394. The quantitative estimate of drug-likeness (QED) is 0.726. The molecule has 0 saturated carbocycles. The summed E-state index contributed by atoms with van der Waals surface area (Å²) in [6.07, 6.45) is 0. The van der Waals surface area contributed by atoms with Gasteiger partial charge in [0.15, 0.2) is 5.58 Å². The van der Waals surface area contributed by atoms with Gasteiger partial charge in [0.2, 0.25) is 5.89 Å². The van der Waals surface area contributed by atoms with Crippen molar-refractivity contribution in [1.29, 1.82) is 0 Å². The lowest BCUT2D eigenvalue weighted by Crippen LogP contribution is -1.88. The minimum atomic E-state index is 0.500. The summed E-state index contributed by atoms with van der Waals surface area (Å²) in [6.45, 7) is 0. The van der Waals surface area contributed by atoms with Gasteiger partial charge in [-0.3, -0.25) is 0 Å². The SMILES string of the molecule is COc1cc(OC)cc(-c2nc3cc(Cl)ccc3o2)c1. The Hall–Kier alpha value is -2.20. The molecule has 0 saturated heterocycles. The highest BCUT2D eigenvalue weighted by Gasteiger charge is 2.11. The van der Waals surface area contributed by atoms with Crippen molar-refractivity contribution in [1.82, 2.24) is 4.98 Å². The second-order valence-corrected chi connectivity index (χ2v) is 4.67. The van der Waals surface area contributed by atoms with E-state index in [1.54, 1.807) is 38.5 Å². The molecule has 0 unspecified atom stereocenters. The summed E-state index contributed by atoms with van der Waals surface area (Å²) >= 11 is 5.95. The van der Waals surface area contributed by atoms with Crippen LogP contribution in [0.1, 0.15) is 0 Å². The molecule has 0 amide bonds. The maximum atomic E-state index is 5.95. The van der Waals surface area contributed by atoms with Gasteiger partial charge in [0.05, 0.1) is 14.2 Å². The molecule has 1 heterocycles. The number of aromatic nitrogens is 1. The molecule has 0 fully saturated rings. The van der Waals surface area contributed by atoms with Crippen LogP contribution in [0.2, 0.25) is 5.02 Å². The molecule has 5 heteroatoms. The highest BCUT2D eigenvalue weighted by molar-refractivity contribution is 6.31. The molecule has 102 valence electrons. The fourth-order valence-corrected chi connectivity index (χ4v) is 2.12. The summed E-state index contributed by atoms with van der Waals surface area (Å²) in [4.78, 5) is 4.43. The topological polar surface area (TPSA) is 44.5 Å². The molecular formula is C15H12ClNO3. The van der Waals surface area contributed by atoms with Crippen LogP contribution in [-0.4, -0.2) is 19.2 Å². The zero-order valence-corrected chi connectivity index (χ0v) is 11.8. The van der Waals surface area contributed by atoms with Crippen molar-refractivity contribution in [3.63, 3.8) is 0 Å². The molecule has 0 radical (unpaired) electrons. The summed E-state index contributed by atoms with van der Waals surface area (Å²) in [5.41, 5.74) is 2.19. The molecule has 0 N–H and O–H groups in total. The van der Waals surface area contributed by atoms with E-state index in [4.69, 9.17) is 25.5 Å². The van der Waals surface area contributed by atoms with Gasteiger partial charge in [0, 0.05) is 16.7 Å². The van der Waals surface area contributed by atoms with Gasteiger partial charge < -0.3 is 13.9 Å². The molecule has 0 bridgehead atoms. The van der Waals surface area contributed by atoms with Gasteiger partial charge in [0.1, 0.15) is 17.0 Å². The second-order valence-electron chi connectivity index (χ2n) is 4.23. The number of oxazole rings is 1. The average Bonchev–Trinajstić information content (AvgIpc) is 2.89. The lowest BCUT2D eigenvalue weighted by atomic mass is 10.2. The third-order valence-electron chi connectivity index (χ3n) is 2.95. The second kappa shape index (κ2) is 5.06. The maximum absolute atomic E-state index is 5.95. The first-order valence-corrected chi connectivity index (χ1v) is 6.37. The Balaban J connectivity index is 2.14. The molecule has 20 heavy (non-hydrogen) atoms. The van der Waals surface area contributed by atoms with Crippen LogP contribution in [-0.2, 0) is 0 Å². The molecule has 3 rings (SSSR count). The Morgan fingerprint density at radius 3 is 2.35 bits per heavy atom. The number of ether oxygens (including phenoxy) is 2. The molecule has 3 aromatic rings. The standard InChI is InChI=1S/C15H12ClNO3/c1-18-11-5-9(6-12(8-11)19-2)15-17-13-7-10(16)3-4-14(13)20-15/h3-8H,1-2H3. The number of rotatable bonds is 3. The summed E-state index contributed by atoms with van der Waals surface area (Å²) < 4.78 is 16.2. The van der Waals surface area contributed by atoms with E-state index in [-0.39, 0.29) is 0 Å². The molecule has 0 atom stereocenters. The molecule has 0 spiro atoms. The molecule has 0 aliphatic heterocycles. The molecule has 0 aliphatic rings. The van der Waals surface area contributed by atoms with Crippen molar-refractivity contribution in [2.45, 2.75) is 0 Å². The molecule has 4 nitrogen and oxygen atoms in total. The first-order valence-electron chi connectivity index (χ1n) is 5.99.